The first-order chi connectivity index (χ1) is 5.29. The highest BCUT2D eigenvalue weighted by Gasteiger charge is 2.16. The van der Waals surface area contributed by atoms with E-state index in [0.29, 0.717) is 0 Å². The lowest BCUT2D eigenvalue weighted by Crippen LogP contribution is -2.12. The fourth-order valence-electron chi connectivity index (χ4n) is 1.62. The van der Waals surface area contributed by atoms with Crippen LogP contribution in [0.25, 0.3) is 0 Å². The van der Waals surface area contributed by atoms with Crippen molar-refractivity contribution in [2.45, 2.75) is 6.42 Å². The van der Waals surface area contributed by atoms with Gasteiger partial charge in [0.1, 0.15) is 0 Å². The average Bonchev–Trinajstić information content (AvgIpc) is 2.35. The first-order valence-electron chi connectivity index (χ1n) is 3.87. The predicted octanol–water partition coefficient (Wildman–Crippen LogP) is 1.26. The van der Waals surface area contributed by atoms with Crippen LogP contribution >= 0.6 is 0 Å². The van der Waals surface area contributed by atoms with Crippen LogP contribution in [0.3, 0.4) is 0 Å². The smallest absolute Gasteiger partial charge is 0.0417 e. The van der Waals surface area contributed by atoms with Gasteiger partial charge in [-0.05, 0) is 18.6 Å². The standard InChI is InChI=1S/C9H12N2/c1-11-6-5-7-8(10)3-2-4-9(7)11/h2-4H,5-6,10H2,1H3. The fraction of sp³-hybridized carbons (Fsp3) is 0.333. The molecule has 2 heteroatoms. The molecule has 0 aliphatic carbocycles. The average molecular weight is 148 g/mol. The Balaban J connectivity index is 2.57. The van der Waals surface area contributed by atoms with Gasteiger partial charge in [-0.25, -0.2) is 0 Å². The number of rotatable bonds is 0. The van der Waals surface area contributed by atoms with Crippen LogP contribution in [-0.4, -0.2) is 13.6 Å². The van der Waals surface area contributed by atoms with Gasteiger partial charge in [-0.3, -0.25) is 0 Å². The highest BCUT2D eigenvalue weighted by Crippen LogP contribution is 2.30. The molecule has 1 aliphatic heterocycles. The molecule has 0 unspecified atom stereocenters. The number of nitrogen functional groups attached to an aromatic ring is 1. The molecule has 0 radical (unpaired) electrons. The predicted molar refractivity (Wildman–Crippen MR) is 47.8 cm³/mol. The molecule has 0 atom stereocenters. The highest BCUT2D eigenvalue weighted by molar-refractivity contribution is 5.67. The van der Waals surface area contributed by atoms with Crippen molar-refractivity contribution < 1.29 is 0 Å². The maximum Gasteiger partial charge on any atom is 0.0417 e. The lowest BCUT2D eigenvalue weighted by molar-refractivity contribution is 0.956. The second-order valence-corrected chi connectivity index (χ2v) is 3.02. The lowest BCUT2D eigenvalue weighted by atomic mass is 10.1. The van der Waals surface area contributed by atoms with Gasteiger partial charge in [0.2, 0.25) is 0 Å². The molecule has 0 fully saturated rings. The molecule has 1 heterocycles. The Morgan fingerprint density at radius 3 is 3.00 bits per heavy atom. The second-order valence-electron chi connectivity index (χ2n) is 3.02. The summed E-state index contributed by atoms with van der Waals surface area (Å²) in [7, 11) is 2.10. The largest absolute Gasteiger partial charge is 0.398 e. The van der Waals surface area contributed by atoms with Crippen molar-refractivity contribution in [3.8, 4) is 0 Å². The zero-order valence-electron chi connectivity index (χ0n) is 6.67. The molecule has 0 bridgehead atoms. The van der Waals surface area contributed by atoms with Gasteiger partial charge >= 0.3 is 0 Å². The van der Waals surface area contributed by atoms with Crippen LogP contribution < -0.4 is 10.6 Å². The molecule has 2 rings (SSSR count). The molecule has 1 aliphatic rings. The van der Waals surface area contributed by atoms with E-state index in [4.69, 9.17) is 5.73 Å². The second kappa shape index (κ2) is 2.16. The molecule has 2 N–H and O–H groups in total. The van der Waals surface area contributed by atoms with E-state index in [0.717, 1.165) is 18.7 Å². The Bertz CT molecular complexity index is 281. The van der Waals surface area contributed by atoms with Crippen LogP contribution in [0.2, 0.25) is 0 Å². The van der Waals surface area contributed by atoms with Crippen molar-refractivity contribution in [1.29, 1.82) is 0 Å². The van der Waals surface area contributed by atoms with E-state index in [9.17, 15) is 0 Å². The molecule has 0 aromatic heterocycles. The molecule has 1 aromatic rings. The van der Waals surface area contributed by atoms with Crippen molar-refractivity contribution in [3.63, 3.8) is 0 Å². The molecule has 0 spiro atoms. The molecule has 0 saturated carbocycles. The highest BCUT2D eigenvalue weighted by atomic mass is 15.1. The molecule has 2 nitrogen and oxygen atoms in total. The summed E-state index contributed by atoms with van der Waals surface area (Å²) in [6, 6.07) is 6.10. The van der Waals surface area contributed by atoms with Gasteiger partial charge in [0.15, 0.2) is 0 Å². The Kier molecular flexibility index (Phi) is 1.28. The van der Waals surface area contributed by atoms with Crippen molar-refractivity contribution in [2.24, 2.45) is 0 Å². The van der Waals surface area contributed by atoms with E-state index in [1.807, 2.05) is 12.1 Å². The normalized spacial score (nSPS) is 15.2. The first kappa shape index (κ1) is 6.53. The number of fused-ring (bicyclic) bond motifs is 1. The van der Waals surface area contributed by atoms with Gasteiger partial charge < -0.3 is 10.6 Å². The quantitative estimate of drug-likeness (QED) is 0.561. The summed E-state index contributed by atoms with van der Waals surface area (Å²) in [4.78, 5) is 2.24. The van der Waals surface area contributed by atoms with Gasteiger partial charge in [0.25, 0.3) is 0 Å². The lowest BCUT2D eigenvalue weighted by Gasteiger charge is -2.11. The van der Waals surface area contributed by atoms with Crippen LogP contribution in [0.5, 0.6) is 0 Å². The third-order valence-electron chi connectivity index (χ3n) is 2.30. The molecule has 1 aromatic carbocycles. The first-order valence-corrected chi connectivity index (χ1v) is 3.87. The Morgan fingerprint density at radius 1 is 1.45 bits per heavy atom. The van der Waals surface area contributed by atoms with Crippen LogP contribution in [0.4, 0.5) is 11.4 Å². The zero-order chi connectivity index (χ0) is 7.84. The number of nitrogens with zero attached hydrogens (tertiary/aromatic N) is 1. The molecule has 11 heavy (non-hydrogen) atoms. The number of hydrogen-bond acceptors (Lipinski definition) is 2. The molecule has 58 valence electrons. The Morgan fingerprint density at radius 2 is 2.27 bits per heavy atom. The van der Waals surface area contributed by atoms with Gasteiger partial charge in [0, 0.05) is 30.5 Å². The zero-order valence-corrected chi connectivity index (χ0v) is 6.67. The molecular formula is C9H12N2. The number of anilines is 2. The van der Waals surface area contributed by atoms with Crippen LogP contribution in [0, 0.1) is 0 Å². The van der Waals surface area contributed by atoms with Crippen molar-refractivity contribution in [1.82, 2.24) is 0 Å². The molecule has 0 amide bonds. The Labute approximate surface area is 66.6 Å². The van der Waals surface area contributed by atoms with Gasteiger partial charge in [-0.1, -0.05) is 6.07 Å². The van der Waals surface area contributed by atoms with Crippen LogP contribution in [0.15, 0.2) is 18.2 Å². The summed E-state index contributed by atoms with van der Waals surface area (Å²) in [6.07, 6.45) is 1.10. The van der Waals surface area contributed by atoms with Gasteiger partial charge in [-0.2, -0.15) is 0 Å². The van der Waals surface area contributed by atoms with Crippen LogP contribution in [-0.2, 0) is 6.42 Å². The number of nitrogens with two attached hydrogens (primary N) is 1. The molecule has 0 saturated heterocycles. The third-order valence-corrected chi connectivity index (χ3v) is 2.30. The number of benzene rings is 1. The topological polar surface area (TPSA) is 29.3 Å². The van der Waals surface area contributed by atoms with E-state index in [-0.39, 0.29) is 0 Å². The minimum Gasteiger partial charge on any atom is -0.398 e. The van der Waals surface area contributed by atoms with Crippen molar-refractivity contribution >= 4 is 11.4 Å². The van der Waals surface area contributed by atoms with Gasteiger partial charge in [0.05, 0.1) is 0 Å². The van der Waals surface area contributed by atoms with E-state index in [1.54, 1.807) is 0 Å². The van der Waals surface area contributed by atoms with Crippen LogP contribution in [0.1, 0.15) is 5.56 Å². The summed E-state index contributed by atoms with van der Waals surface area (Å²) >= 11 is 0. The SMILES string of the molecule is CN1CCc2c(N)cccc21. The maximum absolute atomic E-state index is 5.81. The van der Waals surface area contributed by atoms with Crippen molar-refractivity contribution in [2.75, 3.05) is 24.2 Å². The minimum atomic E-state index is 0.937. The number of likely N-dealkylation sites (N-methyl/N-ethyl adjacent to an activating group) is 1. The Hall–Kier alpha value is -1.18. The monoisotopic (exact) mass is 148 g/mol. The van der Waals surface area contributed by atoms with E-state index >= 15 is 0 Å². The summed E-state index contributed by atoms with van der Waals surface area (Å²) in [6.45, 7) is 1.10. The third kappa shape index (κ3) is 0.862. The summed E-state index contributed by atoms with van der Waals surface area (Å²) in [5.74, 6) is 0. The summed E-state index contributed by atoms with van der Waals surface area (Å²) in [5, 5.41) is 0. The maximum atomic E-state index is 5.81. The summed E-state index contributed by atoms with van der Waals surface area (Å²) in [5.41, 5.74) is 9.36. The van der Waals surface area contributed by atoms with E-state index in [2.05, 4.69) is 18.0 Å². The van der Waals surface area contributed by atoms with E-state index < -0.39 is 0 Å². The van der Waals surface area contributed by atoms with E-state index in [1.165, 1.54) is 11.3 Å². The molecular weight excluding hydrogens is 136 g/mol. The summed E-state index contributed by atoms with van der Waals surface area (Å²) < 4.78 is 0. The minimum absolute atomic E-state index is 0.937. The van der Waals surface area contributed by atoms with Crippen molar-refractivity contribution in [3.05, 3.63) is 23.8 Å². The fourth-order valence-corrected chi connectivity index (χ4v) is 1.62. The van der Waals surface area contributed by atoms with Gasteiger partial charge in [-0.15, -0.1) is 0 Å². The number of hydrogen-bond donors (Lipinski definition) is 1.